The van der Waals surface area contributed by atoms with E-state index in [-0.39, 0.29) is 23.0 Å². The molecular weight excluding hydrogens is 290 g/mol. The van der Waals surface area contributed by atoms with Crippen molar-refractivity contribution in [3.8, 4) is 5.75 Å². The molecule has 0 unspecified atom stereocenters. The number of nitrogens with two attached hydrogens (primary N) is 1. The van der Waals surface area contributed by atoms with Gasteiger partial charge in [-0.1, -0.05) is 6.92 Å². The molecular formula is C11H17NO5S2. The maximum absolute atomic E-state index is 11.3. The molecule has 0 spiro atoms. The van der Waals surface area contributed by atoms with Crippen LogP contribution in [-0.4, -0.2) is 34.9 Å². The standard InChI is InChI=1S/C11H17NO5S2/c1-3-18(13,14)7-6-17-11-5-4-10(8-9(11)2)19(12,15)16/h4-5,8H,3,6-7H2,1-2H3,(H2,12,15,16). The Hall–Kier alpha value is -1.12. The summed E-state index contributed by atoms with van der Waals surface area (Å²) in [5.41, 5.74) is 0.584. The van der Waals surface area contributed by atoms with Crippen LogP contribution in [-0.2, 0) is 19.9 Å². The van der Waals surface area contributed by atoms with Crippen LogP contribution in [0.3, 0.4) is 0 Å². The number of primary sulfonamides is 1. The minimum atomic E-state index is -3.74. The van der Waals surface area contributed by atoms with Crippen LogP contribution in [0.25, 0.3) is 0 Å². The summed E-state index contributed by atoms with van der Waals surface area (Å²) in [5, 5.41) is 5.00. The molecule has 19 heavy (non-hydrogen) atoms. The molecule has 6 nitrogen and oxygen atoms in total. The van der Waals surface area contributed by atoms with E-state index >= 15 is 0 Å². The highest BCUT2D eigenvalue weighted by atomic mass is 32.2. The van der Waals surface area contributed by atoms with Crippen molar-refractivity contribution in [2.45, 2.75) is 18.7 Å². The van der Waals surface area contributed by atoms with E-state index in [0.717, 1.165) is 0 Å². The van der Waals surface area contributed by atoms with Crippen molar-refractivity contribution >= 4 is 19.9 Å². The Balaban J connectivity index is 2.77. The van der Waals surface area contributed by atoms with Gasteiger partial charge in [0.15, 0.2) is 9.84 Å². The minimum Gasteiger partial charge on any atom is -0.492 e. The summed E-state index contributed by atoms with van der Waals surface area (Å²) in [6, 6.07) is 4.18. The van der Waals surface area contributed by atoms with E-state index in [1.807, 2.05) is 0 Å². The van der Waals surface area contributed by atoms with Crippen molar-refractivity contribution in [2.75, 3.05) is 18.1 Å². The number of hydrogen-bond acceptors (Lipinski definition) is 5. The van der Waals surface area contributed by atoms with Crippen LogP contribution in [0.4, 0.5) is 0 Å². The Kier molecular flexibility index (Phi) is 4.94. The van der Waals surface area contributed by atoms with Crippen molar-refractivity contribution in [1.82, 2.24) is 0 Å². The second-order valence-corrected chi connectivity index (χ2v) is 8.09. The largest absolute Gasteiger partial charge is 0.492 e. The number of aryl methyl sites for hydroxylation is 1. The Morgan fingerprint density at radius 2 is 1.84 bits per heavy atom. The summed E-state index contributed by atoms with van der Waals surface area (Å²) in [4.78, 5) is -0.00136. The molecule has 0 bridgehead atoms. The molecule has 0 aliphatic rings. The van der Waals surface area contributed by atoms with Crippen LogP contribution in [0.1, 0.15) is 12.5 Å². The van der Waals surface area contributed by atoms with E-state index in [1.54, 1.807) is 13.8 Å². The molecule has 0 saturated carbocycles. The van der Waals surface area contributed by atoms with Crippen LogP contribution in [0, 0.1) is 6.92 Å². The van der Waals surface area contributed by atoms with E-state index in [2.05, 4.69) is 0 Å². The summed E-state index contributed by atoms with van der Waals surface area (Å²) < 4.78 is 50.2. The van der Waals surface area contributed by atoms with Gasteiger partial charge in [-0.25, -0.2) is 22.0 Å². The Bertz CT molecular complexity index is 650. The molecule has 0 atom stereocenters. The van der Waals surface area contributed by atoms with E-state index in [1.165, 1.54) is 18.2 Å². The predicted octanol–water partition coefficient (Wildman–Crippen LogP) is 0.456. The average molecular weight is 307 g/mol. The third kappa shape index (κ3) is 4.81. The number of sulfonamides is 1. The van der Waals surface area contributed by atoms with Crippen LogP contribution < -0.4 is 9.88 Å². The third-order valence-electron chi connectivity index (χ3n) is 2.57. The lowest BCUT2D eigenvalue weighted by Crippen LogP contribution is -2.16. The first-order chi connectivity index (χ1) is 8.65. The fraction of sp³-hybridized carbons (Fsp3) is 0.455. The highest BCUT2D eigenvalue weighted by Crippen LogP contribution is 2.21. The second-order valence-electron chi connectivity index (χ2n) is 4.06. The van der Waals surface area contributed by atoms with Crippen molar-refractivity contribution < 1.29 is 21.6 Å². The van der Waals surface area contributed by atoms with E-state index in [0.29, 0.717) is 11.3 Å². The molecule has 0 amide bonds. The number of ether oxygens (including phenoxy) is 1. The maximum Gasteiger partial charge on any atom is 0.238 e. The zero-order chi connectivity index (χ0) is 14.7. The molecule has 8 heteroatoms. The molecule has 0 saturated heterocycles. The van der Waals surface area contributed by atoms with Gasteiger partial charge in [-0.2, -0.15) is 0 Å². The molecule has 0 fully saturated rings. The first kappa shape index (κ1) is 15.9. The van der Waals surface area contributed by atoms with Gasteiger partial charge in [-0.15, -0.1) is 0 Å². The van der Waals surface area contributed by atoms with Crippen LogP contribution in [0.15, 0.2) is 23.1 Å². The normalized spacial score (nSPS) is 12.4. The molecule has 1 aromatic carbocycles. The third-order valence-corrected chi connectivity index (χ3v) is 5.15. The topological polar surface area (TPSA) is 104 Å². The molecule has 0 heterocycles. The van der Waals surface area contributed by atoms with Crippen molar-refractivity contribution in [3.63, 3.8) is 0 Å². The highest BCUT2D eigenvalue weighted by molar-refractivity contribution is 7.91. The summed E-state index contributed by atoms with van der Waals surface area (Å²) in [6.45, 7) is 3.27. The van der Waals surface area contributed by atoms with Crippen molar-refractivity contribution in [1.29, 1.82) is 0 Å². The highest BCUT2D eigenvalue weighted by Gasteiger charge is 2.11. The van der Waals surface area contributed by atoms with Gasteiger partial charge in [0.2, 0.25) is 10.0 Å². The summed E-state index contributed by atoms with van der Waals surface area (Å²) in [5.74, 6) is 0.443. The zero-order valence-corrected chi connectivity index (χ0v) is 12.4. The van der Waals surface area contributed by atoms with Crippen molar-refractivity contribution in [3.05, 3.63) is 23.8 Å². The maximum atomic E-state index is 11.3. The fourth-order valence-corrected chi connectivity index (χ4v) is 2.61. The van der Waals surface area contributed by atoms with Crippen molar-refractivity contribution in [2.24, 2.45) is 5.14 Å². The van der Waals surface area contributed by atoms with Gasteiger partial charge in [0, 0.05) is 5.75 Å². The lowest BCUT2D eigenvalue weighted by Gasteiger charge is -2.10. The molecule has 0 radical (unpaired) electrons. The van der Waals surface area contributed by atoms with Gasteiger partial charge in [0.25, 0.3) is 0 Å². The Labute approximate surface area is 113 Å². The lowest BCUT2D eigenvalue weighted by atomic mass is 10.2. The molecule has 1 rings (SSSR count). The lowest BCUT2D eigenvalue weighted by molar-refractivity contribution is 0.338. The summed E-state index contributed by atoms with van der Waals surface area (Å²) in [7, 11) is -6.82. The Morgan fingerprint density at radius 1 is 1.21 bits per heavy atom. The SMILES string of the molecule is CCS(=O)(=O)CCOc1ccc(S(N)(=O)=O)cc1C. The minimum absolute atomic E-state index is 0.00136. The first-order valence-corrected chi connectivity index (χ1v) is 8.99. The van der Waals surface area contributed by atoms with Gasteiger partial charge < -0.3 is 4.74 Å². The molecule has 1 aromatic rings. The van der Waals surface area contributed by atoms with Crippen LogP contribution >= 0.6 is 0 Å². The number of hydrogen-bond donors (Lipinski definition) is 1. The zero-order valence-electron chi connectivity index (χ0n) is 10.8. The molecule has 0 aromatic heterocycles. The van der Waals surface area contributed by atoms with Gasteiger partial charge in [0.05, 0.1) is 10.6 Å². The summed E-state index contributed by atoms with van der Waals surface area (Å²) >= 11 is 0. The van der Waals surface area contributed by atoms with Gasteiger partial charge in [-0.3, -0.25) is 0 Å². The Morgan fingerprint density at radius 3 is 2.32 bits per heavy atom. The molecule has 108 valence electrons. The smallest absolute Gasteiger partial charge is 0.238 e. The van der Waals surface area contributed by atoms with E-state index in [9.17, 15) is 16.8 Å². The second kappa shape index (κ2) is 5.89. The van der Waals surface area contributed by atoms with Gasteiger partial charge in [-0.05, 0) is 30.7 Å². The quantitative estimate of drug-likeness (QED) is 0.822. The van der Waals surface area contributed by atoms with Gasteiger partial charge >= 0.3 is 0 Å². The van der Waals surface area contributed by atoms with Gasteiger partial charge in [0.1, 0.15) is 12.4 Å². The predicted molar refractivity (Wildman–Crippen MR) is 72.4 cm³/mol. The van der Waals surface area contributed by atoms with E-state index < -0.39 is 19.9 Å². The molecule has 0 aliphatic carbocycles. The average Bonchev–Trinajstić information content (AvgIpc) is 2.30. The van der Waals surface area contributed by atoms with Crippen LogP contribution in [0.5, 0.6) is 5.75 Å². The first-order valence-electron chi connectivity index (χ1n) is 5.62. The number of sulfone groups is 1. The number of rotatable bonds is 6. The fourth-order valence-electron chi connectivity index (χ4n) is 1.38. The summed E-state index contributed by atoms with van der Waals surface area (Å²) in [6.07, 6.45) is 0. The monoisotopic (exact) mass is 307 g/mol. The van der Waals surface area contributed by atoms with Crippen LogP contribution in [0.2, 0.25) is 0 Å². The number of benzene rings is 1. The molecule has 0 aliphatic heterocycles. The van der Waals surface area contributed by atoms with E-state index in [4.69, 9.17) is 9.88 Å². The molecule has 2 N–H and O–H groups in total.